The predicted molar refractivity (Wildman–Crippen MR) is 137 cm³/mol. The van der Waals surface area contributed by atoms with Crippen LogP contribution in [0.25, 0.3) is 0 Å². The summed E-state index contributed by atoms with van der Waals surface area (Å²) in [5, 5.41) is 0. The Bertz CT molecular complexity index is 1310. The zero-order valence-corrected chi connectivity index (χ0v) is 21.3. The van der Waals surface area contributed by atoms with Crippen LogP contribution >= 0.6 is 0 Å². The molecule has 178 valence electrons. The van der Waals surface area contributed by atoms with Crippen molar-refractivity contribution in [2.24, 2.45) is 0 Å². The van der Waals surface area contributed by atoms with E-state index < -0.39 is 10.0 Å². The normalized spacial score (nSPS) is 15.6. The zero-order chi connectivity index (χ0) is 24.6. The topological polar surface area (TPSA) is 57.7 Å². The van der Waals surface area contributed by atoms with Crippen LogP contribution in [0.2, 0.25) is 0 Å². The second kappa shape index (κ2) is 9.35. The molecule has 0 bridgehead atoms. The first-order valence-corrected chi connectivity index (χ1v) is 13.1. The quantitative estimate of drug-likeness (QED) is 0.498. The van der Waals surface area contributed by atoms with Crippen LogP contribution in [0.4, 0.5) is 5.69 Å². The van der Waals surface area contributed by atoms with E-state index in [1.807, 2.05) is 95.3 Å². The van der Waals surface area contributed by atoms with E-state index in [2.05, 4.69) is 0 Å². The van der Waals surface area contributed by atoms with E-state index in [1.54, 1.807) is 4.90 Å². The van der Waals surface area contributed by atoms with Crippen molar-refractivity contribution in [3.63, 3.8) is 0 Å². The Kier molecular flexibility index (Phi) is 6.65. The molecule has 34 heavy (non-hydrogen) atoms. The van der Waals surface area contributed by atoms with Gasteiger partial charge < -0.3 is 4.90 Å². The van der Waals surface area contributed by atoms with Gasteiger partial charge in [-0.1, -0.05) is 65.7 Å². The monoisotopic (exact) mass is 476 g/mol. The van der Waals surface area contributed by atoms with Crippen molar-refractivity contribution in [2.45, 2.75) is 58.5 Å². The summed E-state index contributed by atoms with van der Waals surface area (Å²) in [4.78, 5) is 15.6. The molecule has 0 aromatic heterocycles. The van der Waals surface area contributed by atoms with E-state index in [0.29, 0.717) is 11.1 Å². The van der Waals surface area contributed by atoms with Gasteiger partial charge in [0.1, 0.15) is 0 Å². The van der Waals surface area contributed by atoms with Gasteiger partial charge in [0.2, 0.25) is 15.9 Å². The molecule has 0 spiro atoms. The molecule has 0 fully saturated rings. The third-order valence-electron chi connectivity index (χ3n) is 6.47. The Balaban J connectivity index is 1.73. The van der Waals surface area contributed by atoms with Crippen molar-refractivity contribution in [3.05, 3.63) is 94.0 Å². The van der Waals surface area contributed by atoms with E-state index in [-0.39, 0.29) is 29.9 Å². The second-order valence-corrected chi connectivity index (χ2v) is 11.3. The first kappa shape index (κ1) is 24.2. The van der Waals surface area contributed by atoms with Gasteiger partial charge in [-0.3, -0.25) is 4.79 Å². The number of fused-ring (bicyclic) bond motifs is 1. The maximum Gasteiger partial charge on any atom is 0.244 e. The molecule has 1 heterocycles. The molecule has 0 aliphatic carbocycles. The highest BCUT2D eigenvalue weighted by molar-refractivity contribution is 7.89. The fraction of sp³-hybridized carbons (Fsp3) is 0.321. The smallest absolute Gasteiger partial charge is 0.244 e. The molecule has 0 N–H and O–H groups in total. The third kappa shape index (κ3) is 4.65. The molecule has 1 aliphatic rings. The predicted octanol–water partition coefficient (Wildman–Crippen LogP) is 5.09. The van der Waals surface area contributed by atoms with Gasteiger partial charge >= 0.3 is 0 Å². The molecule has 0 radical (unpaired) electrons. The molecule has 0 saturated heterocycles. The van der Waals surface area contributed by atoms with E-state index in [1.165, 1.54) is 4.31 Å². The minimum Gasteiger partial charge on any atom is -0.308 e. The molecular weight excluding hydrogens is 444 g/mol. The number of hydrogen-bond acceptors (Lipinski definition) is 3. The number of sulfonamides is 1. The van der Waals surface area contributed by atoms with Gasteiger partial charge in [-0.25, -0.2) is 8.42 Å². The van der Waals surface area contributed by atoms with Gasteiger partial charge in [0.05, 0.1) is 11.4 Å². The fourth-order valence-corrected chi connectivity index (χ4v) is 6.79. The number of hydrogen-bond donors (Lipinski definition) is 0. The van der Waals surface area contributed by atoms with Gasteiger partial charge in [0.25, 0.3) is 0 Å². The van der Waals surface area contributed by atoms with Crippen molar-refractivity contribution >= 4 is 21.6 Å². The Morgan fingerprint density at radius 1 is 0.941 bits per heavy atom. The zero-order valence-electron chi connectivity index (χ0n) is 20.5. The minimum atomic E-state index is -3.92. The van der Waals surface area contributed by atoms with Crippen LogP contribution in [0.1, 0.15) is 40.3 Å². The molecule has 4 rings (SSSR count). The Morgan fingerprint density at radius 3 is 2.21 bits per heavy atom. The van der Waals surface area contributed by atoms with E-state index in [4.69, 9.17) is 0 Å². The van der Waals surface area contributed by atoms with Gasteiger partial charge in [0.15, 0.2) is 0 Å². The van der Waals surface area contributed by atoms with Gasteiger partial charge in [-0.2, -0.15) is 4.31 Å². The number of amides is 1. The minimum absolute atomic E-state index is 0.0170. The van der Waals surface area contributed by atoms with Gasteiger partial charge in [-0.15, -0.1) is 0 Å². The molecule has 3 aromatic carbocycles. The maximum atomic E-state index is 14.0. The van der Waals surface area contributed by atoms with Crippen LogP contribution in [0.3, 0.4) is 0 Å². The first-order chi connectivity index (χ1) is 16.1. The number of anilines is 1. The average Bonchev–Trinajstić information content (AvgIpc) is 3.09. The van der Waals surface area contributed by atoms with Crippen molar-refractivity contribution in [1.29, 1.82) is 0 Å². The van der Waals surface area contributed by atoms with Crippen LogP contribution in [-0.2, 0) is 27.8 Å². The van der Waals surface area contributed by atoms with Crippen LogP contribution in [0.15, 0.2) is 65.6 Å². The number of carbonyl (C=O) groups excluding carboxylic acids is 1. The highest BCUT2D eigenvalue weighted by Gasteiger charge is 2.35. The molecule has 1 aliphatic heterocycles. The lowest BCUT2D eigenvalue weighted by Crippen LogP contribution is -2.45. The summed E-state index contributed by atoms with van der Waals surface area (Å²) in [5.74, 6) is -0.212. The number of aryl methyl sites for hydroxylation is 4. The molecule has 6 heteroatoms. The highest BCUT2D eigenvalue weighted by atomic mass is 32.2. The molecule has 1 amide bonds. The van der Waals surface area contributed by atoms with E-state index in [0.717, 1.165) is 34.4 Å². The largest absolute Gasteiger partial charge is 0.308 e. The fourth-order valence-electron chi connectivity index (χ4n) is 5.00. The van der Waals surface area contributed by atoms with Gasteiger partial charge in [-0.05, 0) is 69.4 Å². The summed E-state index contributed by atoms with van der Waals surface area (Å²) < 4.78 is 29.3. The summed E-state index contributed by atoms with van der Waals surface area (Å²) in [6, 6.07) is 19.4. The molecule has 5 nitrogen and oxygen atoms in total. The lowest BCUT2D eigenvalue weighted by molar-refractivity contribution is -0.119. The third-order valence-corrected chi connectivity index (χ3v) is 8.57. The SMILES string of the molecule is Cc1ccc(CN(CC(=O)N2c3ccccc3CC2C)S(=O)(=O)c2c(C)cc(C)cc2C)cc1. The van der Waals surface area contributed by atoms with Crippen molar-refractivity contribution < 1.29 is 13.2 Å². The number of nitrogens with zero attached hydrogens (tertiary/aromatic N) is 2. The summed E-state index contributed by atoms with van der Waals surface area (Å²) >= 11 is 0. The second-order valence-electron chi connectivity index (χ2n) is 9.43. The average molecular weight is 477 g/mol. The van der Waals surface area contributed by atoms with Crippen molar-refractivity contribution in [2.75, 3.05) is 11.4 Å². The number of rotatable bonds is 6. The molecule has 0 saturated carbocycles. The Morgan fingerprint density at radius 2 is 1.56 bits per heavy atom. The Labute approximate surface area is 203 Å². The lowest BCUT2D eigenvalue weighted by atomic mass is 10.1. The van der Waals surface area contributed by atoms with Crippen LogP contribution in [0.5, 0.6) is 0 Å². The van der Waals surface area contributed by atoms with Gasteiger partial charge in [0, 0.05) is 18.3 Å². The number of benzene rings is 3. The van der Waals surface area contributed by atoms with Crippen molar-refractivity contribution in [1.82, 2.24) is 4.31 Å². The summed E-state index contributed by atoms with van der Waals surface area (Å²) in [6.45, 7) is 9.50. The summed E-state index contributed by atoms with van der Waals surface area (Å²) in [5.41, 5.74) is 6.33. The van der Waals surface area contributed by atoms with Crippen LogP contribution < -0.4 is 4.90 Å². The van der Waals surface area contributed by atoms with Crippen LogP contribution in [-0.4, -0.2) is 31.2 Å². The molecule has 3 aromatic rings. The van der Waals surface area contributed by atoms with Crippen LogP contribution in [0, 0.1) is 27.7 Å². The summed E-state index contributed by atoms with van der Waals surface area (Å²) in [6.07, 6.45) is 0.767. The maximum absolute atomic E-state index is 14.0. The van der Waals surface area contributed by atoms with Crippen molar-refractivity contribution in [3.8, 4) is 0 Å². The summed E-state index contributed by atoms with van der Waals surface area (Å²) in [7, 11) is -3.92. The Hall–Kier alpha value is -2.96. The molecule has 1 unspecified atom stereocenters. The number of carbonyl (C=O) groups is 1. The first-order valence-electron chi connectivity index (χ1n) is 11.6. The number of para-hydroxylation sites is 1. The standard InChI is InChI=1S/C28H32N2O3S/c1-19-10-12-24(13-11-19)17-29(34(32,33)28-21(3)14-20(2)15-22(28)4)18-27(31)30-23(5)16-25-8-6-7-9-26(25)30/h6-15,23H,16-18H2,1-5H3. The molecular formula is C28H32N2O3S. The van der Waals surface area contributed by atoms with E-state index in [9.17, 15) is 13.2 Å². The lowest BCUT2D eigenvalue weighted by Gasteiger charge is -2.28. The molecule has 1 atom stereocenters. The van der Waals surface area contributed by atoms with E-state index >= 15 is 0 Å². The highest BCUT2D eigenvalue weighted by Crippen LogP contribution is 2.33.